The summed E-state index contributed by atoms with van der Waals surface area (Å²) >= 11 is 0. The summed E-state index contributed by atoms with van der Waals surface area (Å²) < 4.78 is 30.6. The lowest BCUT2D eigenvalue weighted by molar-refractivity contribution is -0.870. The molecule has 1 N–H and O–H groups in total. The van der Waals surface area contributed by atoms with Crippen LogP contribution >= 0.6 is 7.82 Å². The van der Waals surface area contributed by atoms with Crippen molar-refractivity contribution < 1.29 is 37.3 Å². The highest BCUT2D eigenvalue weighted by Gasteiger charge is 2.27. The molecule has 0 aliphatic carbocycles. The van der Waals surface area contributed by atoms with Crippen molar-refractivity contribution in [1.82, 2.24) is 5.32 Å². The third-order valence-corrected chi connectivity index (χ3v) is 18.9. The van der Waals surface area contributed by atoms with Gasteiger partial charge in [0.15, 0.2) is 0 Å². The average molecular weight is 1300 g/mol. The maximum absolute atomic E-state index is 13.7. The number of allylic oxidation sites excluding steroid dienone is 9. The number of rotatable bonds is 73. The summed E-state index contributed by atoms with van der Waals surface area (Å²) in [4.78, 5) is 40.3. The number of amides is 1. The lowest BCUT2D eigenvalue weighted by Crippen LogP contribution is -2.47. The maximum Gasteiger partial charge on any atom is 0.306 e. The van der Waals surface area contributed by atoms with Gasteiger partial charge < -0.3 is 28.5 Å². The Bertz CT molecular complexity index is 1740. The van der Waals surface area contributed by atoms with Crippen LogP contribution in [0.15, 0.2) is 60.8 Å². The molecule has 0 heterocycles. The molecular weight excluding hydrogens is 1140 g/mol. The highest BCUT2D eigenvalue weighted by atomic mass is 31.2. The van der Waals surface area contributed by atoms with Crippen LogP contribution in [0.5, 0.6) is 0 Å². The first-order valence-corrected chi connectivity index (χ1v) is 41.1. The number of likely N-dealkylation sites (N-methyl/N-ethyl adjacent to an activating group) is 1. The summed E-state index contributed by atoms with van der Waals surface area (Å²) in [5, 5.41) is 3.06. The maximum atomic E-state index is 13.7. The molecule has 0 rings (SSSR count). The second kappa shape index (κ2) is 70.5. The zero-order valence-electron chi connectivity index (χ0n) is 61.3. The standard InChI is InChI=1S/C81H153N2O7P/c1-7-10-13-16-19-22-25-28-30-32-34-36-38-40-41-43-44-46-48-50-52-55-58-61-64-67-70-73-80(84)82-78(77-89-91(86,87)88-76-75-83(4,5)6)79(72-69-66-63-60-57-54-27-24-21-18-15-12-9-3)90-81(85)74-71-68-65-62-59-56-53-51-49-47-45-42-39-37-35-33-31-29-26-23-20-17-14-11-8-2/h20,23,28-31,35,37,69,72,78-79H,7-19,21-22,24-27,32-34,36,38-68,70-71,73-77H2,1-6H3,(H-,82,84,86,87)/b23-20-,30-28+,31-29-,37-35-,72-69+. The number of phosphoric acid groups is 1. The van der Waals surface area contributed by atoms with Crippen LogP contribution in [0, 0.1) is 0 Å². The van der Waals surface area contributed by atoms with Crippen molar-refractivity contribution in [2.45, 2.75) is 405 Å². The quantitative estimate of drug-likeness (QED) is 0.0212. The molecule has 0 aromatic carbocycles. The number of esters is 1. The van der Waals surface area contributed by atoms with E-state index in [1.165, 1.54) is 289 Å². The van der Waals surface area contributed by atoms with Gasteiger partial charge in [0.1, 0.15) is 19.3 Å². The number of nitrogens with one attached hydrogen (secondary N) is 1. The Kier molecular flexibility index (Phi) is 68.7. The van der Waals surface area contributed by atoms with Gasteiger partial charge in [-0.05, 0) is 96.0 Å². The van der Waals surface area contributed by atoms with Crippen molar-refractivity contribution in [1.29, 1.82) is 0 Å². The van der Waals surface area contributed by atoms with Crippen LogP contribution in [-0.4, -0.2) is 69.4 Å². The number of quaternary nitrogens is 1. The molecule has 0 aliphatic rings. The van der Waals surface area contributed by atoms with Crippen molar-refractivity contribution >= 4 is 19.7 Å². The topological polar surface area (TPSA) is 114 Å². The zero-order valence-corrected chi connectivity index (χ0v) is 62.2. The summed E-state index contributed by atoms with van der Waals surface area (Å²) in [6.45, 7) is 6.88. The Morgan fingerprint density at radius 2 is 0.670 bits per heavy atom. The molecule has 534 valence electrons. The van der Waals surface area contributed by atoms with E-state index in [0.717, 1.165) is 70.6 Å². The van der Waals surface area contributed by atoms with Gasteiger partial charge in [-0.2, -0.15) is 0 Å². The van der Waals surface area contributed by atoms with Crippen LogP contribution in [0.2, 0.25) is 0 Å². The van der Waals surface area contributed by atoms with Gasteiger partial charge in [0.2, 0.25) is 5.91 Å². The van der Waals surface area contributed by atoms with E-state index < -0.39 is 20.0 Å². The largest absolute Gasteiger partial charge is 0.756 e. The molecule has 0 radical (unpaired) electrons. The molecule has 1 amide bonds. The van der Waals surface area contributed by atoms with Gasteiger partial charge in [-0.15, -0.1) is 0 Å². The second-order valence-electron chi connectivity index (χ2n) is 28.2. The molecular formula is C81H153N2O7P. The highest BCUT2D eigenvalue weighted by molar-refractivity contribution is 7.45. The molecule has 9 nitrogen and oxygen atoms in total. The molecule has 0 aromatic rings. The van der Waals surface area contributed by atoms with Crippen LogP contribution in [0.1, 0.15) is 393 Å². The van der Waals surface area contributed by atoms with Gasteiger partial charge >= 0.3 is 5.97 Å². The normalized spacial score (nSPS) is 13.7. The van der Waals surface area contributed by atoms with E-state index >= 15 is 0 Å². The van der Waals surface area contributed by atoms with Gasteiger partial charge in [-0.3, -0.25) is 14.2 Å². The summed E-state index contributed by atoms with van der Waals surface area (Å²) in [6.07, 6.45) is 92.2. The Morgan fingerprint density at radius 1 is 0.385 bits per heavy atom. The fourth-order valence-electron chi connectivity index (χ4n) is 11.8. The van der Waals surface area contributed by atoms with E-state index in [2.05, 4.69) is 74.7 Å². The van der Waals surface area contributed by atoms with Crippen molar-refractivity contribution in [3.63, 3.8) is 0 Å². The molecule has 0 bridgehead atoms. The molecule has 10 heteroatoms. The van der Waals surface area contributed by atoms with Crippen LogP contribution < -0.4 is 10.2 Å². The van der Waals surface area contributed by atoms with Crippen LogP contribution in [0.4, 0.5) is 0 Å². The van der Waals surface area contributed by atoms with Gasteiger partial charge in [-0.25, -0.2) is 0 Å². The molecule has 0 aliphatic heterocycles. The van der Waals surface area contributed by atoms with Crippen LogP contribution in [-0.2, 0) is 27.9 Å². The number of hydrogen-bond acceptors (Lipinski definition) is 7. The minimum atomic E-state index is -4.71. The Hall–Kier alpha value is -2.29. The molecule has 3 unspecified atom stereocenters. The average Bonchev–Trinajstić information content (AvgIpc) is 3.70. The fourth-order valence-corrected chi connectivity index (χ4v) is 12.5. The monoisotopic (exact) mass is 1300 g/mol. The number of phosphoric ester groups is 1. The minimum Gasteiger partial charge on any atom is -0.756 e. The molecule has 0 saturated heterocycles. The first kappa shape index (κ1) is 88.7. The number of carbonyl (C=O) groups is 2. The molecule has 3 atom stereocenters. The molecule has 0 aromatic heterocycles. The number of nitrogens with zero attached hydrogens (tertiary/aromatic N) is 1. The van der Waals surface area contributed by atoms with Crippen LogP contribution in [0.25, 0.3) is 0 Å². The highest BCUT2D eigenvalue weighted by Crippen LogP contribution is 2.38. The van der Waals surface area contributed by atoms with Crippen molar-refractivity contribution in [3.8, 4) is 0 Å². The summed E-state index contributed by atoms with van der Waals surface area (Å²) in [5.41, 5.74) is 0. The molecule has 0 spiro atoms. The first-order chi connectivity index (χ1) is 44.4. The number of ether oxygens (including phenoxy) is 1. The lowest BCUT2D eigenvalue weighted by Gasteiger charge is -2.30. The number of carbonyl (C=O) groups excluding carboxylic acids is 2. The minimum absolute atomic E-state index is 0.0213. The summed E-state index contributed by atoms with van der Waals surface area (Å²) in [6, 6.07) is -0.890. The third-order valence-electron chi connectivity index (χ3n) is 17.9. The summed E-state index contributed by atoms with van der Waals surface area (Å²) in [5.74, 6) is -0.524. The zero-order chi connectivity index (χ0) is 66.3. The summed E-state index contributed by atoms with van der Waals surface area (Å²) in [7, 11) is 1.20. The van der Waals surface area contributed by atoms with E-state index in [-0.39, 0.29) is 31.5 Å². The Labute approximate surface area is 566 Å². The van der Waals surface area contributed by atoms with E-state index in [0.29, 0.717) is 17.4 Å². The van der Waals surface area contributed by atoms with Crippen molar-refractivity contribution in [2.24, 2.45) is 0 Å². The van der Waals surface area contributed by atoms with Gasteiger partial charge in [0.05, 0.1) is 33.8 Å². The van der Waals surface area contributed by atoms with E-state index in [1.807, 2.05) is 33.3 Å². The predicted molar refractivity (Wildman–Crippen MR) is 395 cm³/mol. The third kappa shape index (κ3) is 71.8. The van der Waals surface area contributed by atoms with Gasteiger partial charge in [-0.1, -0.05) is 345 Å². The van der Waals surface area contributed by atoms with Crippen LogP contribution in [0.3, 0.4) is 0 Å². The Morgan fingerprint density at radius 3 is 1.03 bits per heavy atom. The second-order valence-corrected chi connectivity index (χ2v) is 29.6. The first-order valence-electron chi connectivity index (χ1n) is 39.6. The Balaban J connectivity index is 4.95. The lowest BCUT2D eigenvalue weighted by atomic mass is 10.0. The number of hydrogen-bond donors (Lipinski definition) is 1. The van der Waals surface area contributed by atoms with Gasteiger partial charge in [0.25, 0.3) is 7.82 Å². The van der Waals surface area contributed by atoms with E-state index in [9.17, 15) is 19.0 Å². The van der Waals surface area contributed by atoms with Crippen molar-refractivity contribution in [3.05, 3.63) is 60.8 Å². The van der Waals surface area contributed by atoms with E-state index in [1.54, 1.807) is 0 Å². The molecule has 0 saturated carbocycles. The molecule has 91 heavy (non-hydrogen) atoms. The van der Waals surface area contributed by atoms with Gasteiger partial charge in [0, 0.05) is 12.8 Å². The van der Waals surface area contributed by atoms with Crippen molar-refractivity contribution in [2.75, 3.05) is 40.9 Å². The molecule has 0 fully saturated rings. The smallest absolute Gasteiger partial charge is 0.306 e. The predicted octanol–water partition coefficient (Wildman–Crippen LogP) is 25.1. The van der Waals surface area contributed by atoms with E-state index in [4.69, 9.17) is 13.8 Å². The SMILES string of the molecule is CCCCC/C=C\C/C=C\C/C=C\CCCCCCCCCCCCCCC(=O)OC(/C=C/CCCCCCCCCCCCC)C(COP(=O)([O-])OCC[N+](C)(C)C)NC(=O)CCCCCCCCCCCCCCCCCCC/C=C/CCCCCCCC. The fraction of sp³-hybridized carbons (Fsp3) is 0.852. The number of unbranched alkanes of at least 4 members (excludes halogenated alkanes) is 49.